The average molecular weight is 273 g/mol. The summed E-state index contributed by atoms with van der Waals surface area (Å²) in [6.45, 7) is 1.49. The number of aromatic amines is 1. The summed E-state index contributed by atoms with van der Waals surface area (Å²) in [4.78, 5) is 0. The Balaban J connectivity index is 2.73. The number of rotatable bonds is 1. The third kappa shape index (κ3) is 2.21. The standard InChI is InChI=1S/C11H7ClF2N2S/c1-5-2-3-6(10(14)9(5)13)7-4-8(12)15-16-11(7)17/h2-4H,1H3,(H,16,17). The Kier molecular flexibility index (Phi) is 3.22. The number of hydrogen-bond donors (Lipinski definition) is 1. The molecule has 2 rings (SSSR count). The van der Waals surface area contributed by atoms with Gasteiger partial charge in [0.15, 0.2) is 11.6 Å². The van der Waals surface area contributed by atoms with Crippen LogP contribution in [0.2, 0.25) is 5.15 Å². The largest absolute Gasteiger partial charge is 0.266 e. The number of aromatic nitrogens is 2. The smallest absolute Gasteiger partial charge is 0.167 e. The van der Waals surface area contributed by atoms with Gasteiger partial charge in [0.1, 0.15) is 9.79 Å². The highest BCUT2D eigenvalue weighted by Crippen LogP contribution is 2.27. The fourth-order valence-corrected chi connectivity index (χ4v) is 1.80. The predicted molar refractivity (Wildman–Crippen MR) is 64.5 cm³/mol. The van der Waals surface area contributed by atoms with E-state index in [-0.39, 0.29) is 20.9 Å². The highest BCUT2D eigenvalue weighted by atomic mass is 35.5. The predicted octanol–water partition coefficient (Wildman–Crippen LogP) is 4.05. The van der Waals surface area contributed by atoms with Crippen LogP contribution in [0, 0.1) is 23.2 Å². The Morgan fingerprint density at radius 2 is 1.94 bits per heavy atom. The first kappa shape index (κ1) is 12.1. The summed E-state index contributed by atoms with van der Waals surface area (Å²) in [5.41, 5.74) is 0.622. The molecule has 2 nitrogen and oxygen atoms in total. The van der Waals surface area contributed by atoms with Crippen molar-refractivity contribution in [3.8, 4) is 11.1 Å². The summed E-state index contributed by atoms with van der Waals surface area (Å²) >= 11 is 10.6. The fourth-order valence-electron chi connectivity index (χ4n) is 1.44. The topological polar surface area (TPSA) is 28.7 Å². The van der Waals surface area contributed by atoms with Gasteiger partial charge in [-0.25, -0.2) is 8.78 Å². The maximum atomic E-state index is 13.8. The lowest BCUT2D eigenvalue weighted by Crippen LogP contribution is -1.95. The minimum absolute atomic E-state index is 0.0682. The van der Waals surface area contributed by atoms with Gasteiger partial charge in [0.05, 0.1) is 0 Å². The van der Waals surface area contributed by atoms with Crippen LogP contribution in [-0.4, -0.2) is 10.2 Å². The summed E-state index contributed by atoms with van der Waals surface area (Å²) in [6, 6.07) is 4.34. The van der Waals surface area contributed by atoms with Crippen LogP contribution in [0.25, 0.3) is 11.1 Å². The molecule has 0 fully saturated rings. The molecule has 0 saturated carbocycles. The highest BCUT2D eigenvalue weighted by Gasteiger charge is 2.14. The summed E-state index contributed by atoms with van der Waals surface area (Å²) in [5, 5.41) is 6.26. The van der Waals surface area contributed by atoms with Gasteiger partial charge in [0, 0.05) is 11.1 Å². The summed E-state index contributed by atoms with van der Waals surface area (Å²) in [5.74, 6) is -1.82. The van der Waals surface area contributed by atoms with E-state index in [1.165, 1.54) is 25.1 Å². The van der Waals surface area contributed by atoms with E-state index in [0.29, 0.717) is 5.56 Å². The number of H-pyrrole nitrogens is 1. The Morgan fingerprint density at radius 1 is 1.24 bits per heavy atom. The minimum atomic E-state index is -0.938. The zero-order chi connectivity index (χ0) is 12.6. The molecule has 0 aliphatic carbocycles. The lowest BCUT2D eigenvalue weighted by atomic mass is 10.1. The second kappa shape index (κ2) is 4.50. The van der Waals surface area contributed by atoms with Crippen molar-refractivity contribution in [3.63, 3.8) is 0 Å². The highest BCUT2D eigenvalue weighted by molar-refractivity contribution is 7.71. The molecule has 6 heteroatoms. The van der Waals surface area contributed by atoms with Crippen LogP contribution in [0.3, 0.4) is 0 Å². The number of hydrogen-bond acceptors (Lipinski definition) is 2. The van der Waals surface area contributed by atoms with Crippen molar-refractivity contribution in [2.24, 2.45) is 0 Å². The quantitative estimate of drug-likeness (QED) is 0.794. The van der Waals surface area contributed by atoms with Crippen molar-refractivity contribution >= 4 is 23.8 Å². The van der Waals surface area contributed by atoms with E-state index in [1.807, 2.05) is 0 Å². The van der Waals surface area contributed by atoms with Gasteiger partial charge in [-0.1, -0.05) is 36.0 Å². The Bertz CT molecular complexity index is 640. The van der Waals surface area contributed by atoms with Crippen molar-refractivity contribution in [1.82, 2.24) is 10.2 Å². The molecule has 0 saturated heterocycles. The minimum Gasteiger partial charge on any atom is -0.266 e. The number of nitrogens with zero attached hydrogens (tertiary/aromatic N) is 1. The normalized spacial score (nSPS) is 10.6. The molecule has 0 bridgehead atoms. The third-order valence-electron chi connectivity index (χ3n) is 2.34. The molecule has 1 N–H and O–H groups in total. The van der Waals surface area contributed by atoms with Gasteiger partial charge in [-0.3, -0.25) is 5.10 Å². The molecule has 0 amide bonds. The zero-order valence-corrected chi connectivity index (χ0v) is 10.3. The molecule has 2 aromatic rings. The number of halogens is 3. The van der Waals surface area contributed by atoms with Crippen molar-refractivity contribution in [2.45, 2.75) is 6.92 Å². The van der Waals surface area contributed by atoms with Gasteiger partial charge in [-0.2, -0.15) is 5.10 Å². The van der Waals surface area contributed by atoms with E-state index in [4.69, 9.17) is 23.8 Å². The molecule has 0 unspecified atom stereocenters. The molecule has 0 atom stereocenters. The summed E-state index contributed by atoms with van der Waals surface area (Å²) in [6.07, 6.45) is 0. The molecule has 0 aliphatic rings. The summed E-state index contributed by atoms with van der Waals surface area (Å²) in [7, 11) is 0. The van der Waals surface area contributed by atoms with Crippen LogP contribution in [-0.2, 0) is 0 Å². The van der Waals surface area contributed by atoms with Gasteiger partial charge < -0.3 is 0 Å². The first-order valence-electron chi connectivity index (χ1n) is 4.71. The van der Waals surface area contributed by atoms with E-state index in [9.17, 15) is 8.78 Å². The zero-order valence-electron chi connectivity index (χ0n) is 8.72. The molecule has 88 valence electrons. The number of nitrogens with one attached hydrogen (secondary N) is 1. The SMILES string of the molecule is Cc1ccc(-c2cc(Cl)n[nH]c2=S)c(F)c1F. The molecule has 0 radical (unpaired) electrons. The van der Waals surface area contributed by atoms with Crippen LogP contribution in [0.1, 0.15) is 5.56 Å². The Hall–Kier alpha value is -1.33. The number of aryl methyl sites for hydroxylation is 1. The van der Waals surface area contributed by atoms with Crippen LogP contribution >= 0.6 is 23.8 Å². The number of benzene rings is 1. The summed E-state index contributed by atoms with van der Waals surface area (Å²) < 4.78 is 27.4. The van der Waals surface area contributed by atoms with Gasteiger partial charge in [-0.05, 0) is 18.6 Å². The second-order valence-corrected chi connectivity index (χ2v) is 4.29. The van der Waals surface area contributed by atoms with E-state index < -0.39 is 11.6 Å². The van der Waals surface area contributed by atoms with E-state index in [0.717, 1.165) is 0 Å². The third-order valence-corrected chi connectivity index (χ3v) is 2.84. The molecule has 1 aromatic heterocycles. The van der Waals surface area contributed by atoms with Crippen molar-refractivity contribution in [2.75, 3.05) is 0 Å². The van der Waals surface area contributed by atoms with Crippen LogP contribution in [0.4, 0.5) is 8.78 Å². The van der Waals surface area contributed by atoms with E-state index >= 15 is 0 Å². The van der Waals surface area contributed by atoms with E-state index in [2.05, 4.69) is 10.2 Å². The molecule has 17 heavy (non-hydrogen) atoms. The molecule has 1 heterocycles. The molecule has 0 aliphatic heterocycles. The van der Waals surface area contributed by atoms with Gasteiger partial charge in [-0.15, -0.1) is 0 Å². The molecular formula is C11H7ClF2N2S. The molecular weight excluding hydrogens is 266 g/mol. The molecule has 1 aromatic carbocycles. The average Bonchev–Trinajstić information content (AvgIpc) is 2.30. The van der Waals surface area contributed by atoms with Crippen molar-refractivity contribution < 1.29 is 8.78 Å². The molecule has 0 spiro atoms. The van der Waals surface area contributed by atoms with Crippen molar-refractivity contribution in [3.05, 3.63) is 45.2 Å². The first-order valence-corrected chi connectivity index (χ1v) is 5.49. The Labute approximate surface area is 106 Å². The lowest BCUT2D eigenvalue weighted by Gasteiger charge is -2.06. The van der Waals surface area contributed by atoms with Crippen LogP contribution in [0.15, 0.2) is 18.2 Å². The first-order chi connectivity index (χ1) is 8.00. The van der Waals surface area contributed by atoms with Gasteiger partial charge in [0.2, 0.25) is 0 Å². The van der Waals surface area contributed by atoms with Crippen LogP contribution in [0.5, 0.6) is 0 Å². The van der Waals surface area contributed by atoms with Gasteiger partial charge >= 0.3 is 0 Å². The lowest BCUT2D eigenvalue weighted by molar-refractivity contribution is 0.505. The maximum absolute atomic E-state index is 13.8. The van der Waals surface area contributed by atoms with Gasteiger partial charge in [0.25, 0.3) is 0 Å². The van der Waals surface area contributed by atoms with Crippen molar-refractivity contribution in [1.29, 1.82) is 0 Å². The second-order valence-electron chi connectivity index (χ2n) is 3.49. The fraction of sp³-hybridized carbons (Fsp3) is 0.0909. The monoisotopic (exact) mass is 272 g/mol. The maximum Gasteiger partial charge on any atom is 0.167 e. The van der Waals surface area contributed by atoms with Crippen LogP contribution < -0.4 is 0 Å². The Morgan fingerprint density at radius 3 is 2.65 bits per heavy atom. The van der Waals surface area contributed by atoms with E-state index in [1.54, 1.807) is 0 Å².